The minimum Gasteiger partial charge on any atom is -0.331 e. The standard InChI is InChI=1S/C19H18N4O2S/c1-2-12-25-23-17-13-21(19(23)24)22(16-11-7-6-10-15(16)17)18(26)20-14-8-4-3-5-9-14/h2-11,17H,1,12-13H2,(H,20,26). The number of carbonyl (C=O) groups excluding carboxylic acids is 1. The minimum atomic E-state index is -0.245. The largest absolute Gasteiger partial charge is 0.363 e. The molecule has 2 amide bonds. The molecule has 2 heterocycles. The molecule has 2 aromatic carbocycles. The highest BCUT2D eigenvalue weighted by Crippen LogP contribution is 2.42. The van der Waals surface area contributed by atoms with Crippen LogP contribution in [0.5, 0.6) is 0 Å². The monoisotopic (exact) mass is 366 g/mol. The molecule has 2 aliphatic heterocycles. The van der Waals surface area contributed by atoms with Gasteiger partial charge in [-0.15, -0.1) is 6.58 Å². The van der Waals surface area contributed by atoms with Gasteiger partial charge in [0.15, 0.2) is 5.11 Å². The van der Waals surface area contributed by atoms with Gasteiger partial charge in [0.2, 0.25) is 0 Å². The van der Waals surface area contributed by atoms with Gasteiger partial charge in [-0.3, -0.25) is 4.84 Å². The van der Waals surface area contributed by atoms with E-state index in [-0.39, 0.29) is 18.7 Å². The Morgan fingerprint density at radius 1 is 1.23 bits per heavy atom. The average molecular weight is 366 g/mol. The molecule has 0 aromatic heterocycles. The Labute approximate surface area is 157 Å². The molecule has 26 heavy (non-hydrogen) atoms. The number of rotatable bonds is 4. The van der Waals surface area contributed by atoms with Crippen molar-refractivity contribution in [1.29, 1.82) is 0 Å². The summed E-state index contributed by atoms with van der Waals surface area (Å²) in [6.07, 6.45) is 1.62. The second-order valence-electron chi connectivity index (χ2n) is 5.96. The first-order valence-electron chi connectivity index (χ1n) is 8.30. The zero-order valence-corrected chi connectivity index (χ0v) is 14.9. The van der Waals surface area contributed by atoms with Crippen molar-refractivity contribution in [3.63, 3.8) is 0 Å². The Balaban J connectivity index is 1.69. The highest BCUT2D eigenvalue weighted by atomic mass is 32.1. The van der Waals surface area contributed by atoms with Crippen LogP contribution in [0.25, 0.3) is 0 Å². The number of carbonyl (C=O) groups is 1. The molecular weight excluding hydrogens is 348 g/mol. The molecule has 1 fully saturated rings. The molecule has 7 heteroatoms. The summed E-state index contributed by atoms with van der Waals surface area (Å²) in [6, 6.07) is 17.1. The third kappa shape index (κ3) is 2.71. The molecule has 2 aromatic rings. The van der Waals surface area contributed by atoms with Crippen LogP contribution in [0.2, 0.25) is 0 Å². The molecule has 1 atom stereocenters. The topological polar surface area (TPSA) is 48.1 Å². The minimum absolute atomic E-state index is 0.172. The van der Waals surface area contributed by atoms with E-state index in [1.54, 1.807) is 16.1 Å². The van der Waals surface area contributed by atoms with Gasteiger partial charge in [-0.25, -0.2) is 14.8 Å². The molecule has 1 N–H and O–H groups in total. The summed E-state index contributed by atoms with van der Waals surface area (Å²) in [5.74, 6) is 0. The zero-order valence-electron chi connectivity index (χ0n) is 14.0. The normalized spacial score (nSPS) is 17.9. The predicted molar refractivity (Wildman–Crippen MR) is 104 cm³/mol. The maximum atomic E-state index is 12.9. The Hall–Kier alpha value is -2.90. The van der Waals surface area contributed by atoms with Gasteiger partial charge in [0.1, 0.15) is 6.04 Å². The van der Waals surface area contributed by atoms with E-state index in [4.69, 9.17) is 17.1 Å². The van der Waals surface area contributed by atoms with E-state index >= 15 is 0 Å². The fourth-order valence-corrected chi connectivity index (χ4v) is 3.56. The van der Waals surface area contributed by atoms with E-state index in [1.165, 1.54) is 5.06 Å². The highest BCUT2D eigenvalue weighted by Gasteiger charge is 2.48. The first kappa shape index (κ1) is 16.6. The summed E-state index contributed by atoms with van der Waals surface area (Å²) in [5.41, 5.74) is 2.73. The van der Waals surface area contributed by atoms with E-state index < -0.39 is 0 Å². The number of benzene rings is 2. The van der Waals surface area contributed by atoms with Crippen LogP contribution in [0.4, 0.5) is 16.2 Å². The van der Waals surface area contributed by atoms with E-state index in [0.717, 1.165) is 16.9 Å². The van der Waals surface area contributed by atoms with Gasteiger partial charge < -0.3 is 5.32 Å². The average Bonchev–Trinajstić information content (AvgIpc) is 2.94. The maximum Gasteiger partial charge on any atom is 0.363 e. The number of nitrogens with zero attached hydrogens (tertiary/aromatic N) is 3. The molecule has 2 aliphatic rings. The number of nitrogens with one attached hydrogen (secondary N) is 1. The first-order valence-corrected chi connectivity index (χ1v) is 8.71. The molecule has 1 saturated heterocycles. The number of hydrogen-bond acceptors (Lipinski definition) is 3. The van der Waals surface area contributed by atoms with Crippen LogP contribution >= 0.6 is 12.2 Å². The Morgan fingerprint density at radius 2 is 1.96 bits per heavy atom. The van der Waals surface area contributed by atoms with Crippen LogP contribution in [0.1, 0.15) is 11.6 Å². The summed E-state index contributed by atoms with van der Waals surface area (Å²) < 4.78 is 0. The lowest BCUT2D eigenvalue weighted by molar-refractivity contribution is -0.118. The van der Waals surface area contributed by atoms with Crippen LogP contribution in [-0.2, 0) is 4.84 Å². The van der Waals surface area contributed by atoms with Crippen molar-refractivity contribution in [2.24, 2.45) is 0 Å². The van der Waals surface area contributed by atoms with Gasteiger partial charge >= 0.3 is 6.03 Å². The predicted octanol–water partition coefficient (Wildman–Crippen LogP) is 3.71. The second kappa shape index (κ2) is 6.78. The van der Waals surface area contributed by atoms with Crippen LogP contribution in [0.15, 0.2) is 67.3 Å². The van der Waals surface area contributed by atoms with Crippen molar-refractivity contribution in [1.82, 2.24) is 10.1 Å². The third-order valence-electron chi connectivity index (χ3n) is 4.35. The lowest BCUT2D eigenvalue weighted by Crippen LogP contribution is -2.51. The molecular formula is C19H18N4O2S. The van der Waals surface area contributed by atoms with Gasteiger partial charge in [0, 0.05) is 11.3 Å². The van der Waals surface area contributed by atoms with Crippen molar-refractivity contribution in [3.8, 4) is 0 Å². The lowest BCUT2D eigenvalue weighted by Gasteiger charge is -2.37. The van der Waals surface area contributed by atoms with Crippen molar-refractivity contribution >= 4 is 34.7 Å². The van der Waals surface area contributed by atoms with E-state index in [1.807, 2.05) is 54.6 Å². The summed E-state index contributed by atoms with van der Waals surface area (Å²) in [7, 11) is 0. The quantitative estimate of drug-likeness (QED) is 0.660. The number of para-hydroxylation sites is 2. The van der Waals surface area contributed by atoms with Gasteiger partial charge in [-0.05, 0) is 30.4 Å². The molecule has 2 bridgehead atoms. The Kier molecular flexibility index (Phi) is 4.32. The number of thiocarbonyl (C=S) groups is 1. The van der Waals surface area contributed by atoms with Crippen LogP contribution in [0, 0.1) is 0 Å². The van der Waals surface area contributed by atoms with Crippen molar-refractivity contribution in [2.75, 3.05) is 23.5 Å². The lowest BCUT2D eigenvalue weighted by atomic mass is 10.0. The fourth-order valence-electron chi connectivity index (χ4n) is 3.24. The van der Waals surface area contributed by atoms with Crippen molar-refractivity contribution in [2.45, 2.75) is 6.04 Å². The Bertz CT molecular complexity index is 858. The SMILES string of the molecule is C=CCON1C(=O)N2CC1c1ccccc1N2C(=S)Nc1ccccc1. The molecule has 0 spiro atoms. The summed E-state index contributed by atoms with van der Waals surface area (Å²) in [6.45, 7) is 4.39. The van der Waals surface area contributed by atoms with E-state index in [0.29, 0.717) is 11.7 Å². The Morgan fingerprint density at radius 3 is 2.73 bits per heavy atom. The number of hydroxylamine groups is 2. The molecule has 4 rings (SSSR count). The number of hydrazine groups is 1. The van der Waals surface area contributed by atoms with E-state index in [9.17, 15) is 4.79 Å². The molecule has 6 nitrogen and oxygen atoms in total. The molecule has 0 saturated carbocycles. The van der Waals surface area contributed by atoms with E-state index in [2.05, 4.69) is 11.9 Å². The summed E-state index contributed by atoms with van der Waals surface area (Å²) in [5, 5.41) is 8.39. The number of hydrogen-bond donors (Lipinski definition) is 1. The molecule has 0 radical (unpaired) electrons. The second-order valence-corrected chi connectivity index (χ2v) is 6.34. The fraction of sp³-hybridized carbons (Fsp3) is 0.158. The van der Waals surface area contributed by atoms with Gasteiger partial charge in [0.25, 0.3) is 0 Å². The molecule has 1 unspecified atom stereocenters. The van der Waals surface area contributed by atoms with Gasteiger partial charge in [-0.2, -0.15) is 5.06 Å². The third-order valence-corrected chi connectivity index (χ3v) is 4.63. The summed E-state index contributed by atoms with van der Waals surface area (Å²) >= 11 is 5.62. The van der Waals surface area contributed by atoms with Crippen molar-refractivity contribution < 1.29 is 9.63 Å². The van der Waals surface area contributed by atoms with Crippen LogP contribution in [-0.4, -0.2) is 34.4 Å². The molecule has 132 valence electrons. The first-order chi connectivity index (χ1) is 12.7. The maximum absolute atomic E-state index is 12.9. The highest BCUT2D eigenvalue weighted by molar-refractivity contribution is 7.80. The smallest absolute Gasteiger partial charge is 0.331 e. The van der Waals surface area contributed by atoms with Gasteiger partial charge in [-0.1, -0.05) is 42.5 Å². The van der Waals surface area contributed by atoms with Crippen LogP contribution < -0.4 is 10.3 Å². The number of fused-ring (bicyclic) bond motifs is 4. The number of amides is 2. The van der Waals surface area contributed by atoms with Gasteiger partial charge in [0.05, 0.1) is 18.8 Å². The number of urea groups is 1. The molecule has 0 aliphatic carbocycles. The van der Waals surface area contributed by atoms with Crippen molar-refractivity contribution in [3.05, 3.63) is 72.8 Å². The number of anilines is 2. The van der Waals surface area contributed by atoms with Crippen LogP contribution in [0.3, 0.4) is 0 Å². The zero-order chi connectivity index (χ0) is 18.1. The summed E-state index contributed by atoms with van der Waals surface area (Å²) in [4.78, 5) is 18.5.